The number of nitro groups is 1. The van der Waals surface area contributed by atoms with Crippen molar-refractivity contribution >= 4 is 11.5 Å². The minimum atomic E-state index is -0.511. The SMILES string of the molecule is COc1ccc(-c2c(C(=O)c3ccccc3)c(O)cc(-c3ccccc3)c2[N+](=O)[O-])cc1. The van der Waals surface area contributed by atoms with E-state index >= 15 is 0 Å². The van der Waals surface area contributed by atoms with E-state index in [0.29, 0.717) is 22.4 Å². The summed E-state index contributed by atoms with van der Waals surface area (Å²) in [5.41, 5.74) is 1.22. The highest BCUT2D eigenvalue weighted by Crippen LogP contribution is 2.46. The number of ether oxygens (including phenoxy) is 1. The van der Waals surface area contributed by atoms with E-state index in [-0.39, 0.29) is 28.1 Å². The van der Waals surface area contributed by atoms with Crippen LogP contribution in [0.15, 0.2) is 91.0 Å². The van der Waals surface area contributed by atoms with Gasteiger partial charge in [0, 0.05) is 5.56 Å². The highest BCUT2D eigenvalue weighted by atomic mass is 16.6. The van der Waals surface area contributed by atoms with Crippen LogP contribution in [0.5, 0.6) is 11.5 Å². The zero-order valence-corrected chi connectivity index (χ0v) is 17.2. The van der Waals surface area contributed by atoms with Gasteiger partial charge in [0.25, 0.3) is 5.69 Å². The van der Waals surface area contributed by atoms with Crippen molar-refractivity contribution in [3.63, 3.8) is 0 Å². The molecule has 0 aliphatic heterocycles. The van der Waals surface area contributed by atoms with Gasteiger partial charge in [0.15, 0.2) is 5.78 Å². The van der Waals surface area contributed by atoms with Crippen LogP contribution >= 0.6 is 0 Å². The third kappa shape index (κ3) is 3.81. The highest BCUT2D eigenvalue weighted by molar-refractivity contribution is 6.17. The van der Waals surface area contributed by atoms with Crippen molar-refractivity contribution in [1.82, 2.24) is 0 Å². The minimum absolute atomic E-state index is 0.0605. The van der Waals surface area contributed by atoms with Crippen LogP contribution in [0.4, 0.5) is 5.69 Å². The maximum absolute atomic E-state index is 13.4. The van der Waals surface area contributed by atoms with Crippen molar-refractivity contribution in [3.8, 4) is 33.8 Å². The molecule has 0 spiro atoms. The van der Waals surface area contributed by atoms with Gasteiger partial charge in [0.1, 0.15) is 11.5 Å². The van der Waals surface area contributed by atoms with Gasteiger partial charge in [0.2, 0.25) is 0 Å². The topological polar surface area (TPSA) is 89.7 Å². The lowest BCUT2D eigenvalue weighted by Gasteiger charge is -2.16. The first-order valence-corrected chi connectivity index (χ1v) is 9.85. The molecule has 0 amide bonds. The molecule has 6 heteroatoms. The van der Waals surface area contributed by atoms with Crippen molar-refractivity contribution in [2.75, 3.05) is 7.11 Å². The summed E-state index contributed by atoms with van der Waals surface area (Å²) in [5, 5.41) is 23.3. The Morgan fingerprint density at radius 3 is 2.03 bits per heavy atom. The van der Waals surface area contributed by atoms with Crippen molar-refractivity contribution in [2.24, 2.45) is 0 Å². The Morgan fingerprint density at radius 1 is 0.875 bits per heavy atom. The molecule has 0 heterocycles. The van der Waals surface area contributed by atoms with Crippen LogP contribution in [0.25, 0.3) is 22.3 Å². The van der Waals surface area contributed by atoms with Crippen LogP contribution in [0.3, 0.4) is 0 Å². The number of carbonyl (C=O) groups is 1. The molecule has 0 fully saturated rings. The number of hydrogen-bond acceptors (Lipinski definition) is 5. The zero-order chi connectivity index (χ0) is 22.7. The third-order valence-electron chi connectivity index (χ3n) is 5.19. The Labute approximate surface area is 184 Å². The molecule has 0 atom stereocenters. The van der Waals surface area contributed by atoms with Crippen LogP contribution in [-0.4, -0.2) is 22.9 Å². The molecular formula is C26H19NO5. The number of benzene rings is 4. The second-order valence-electron chi connectivity index (χ2n) is 7.09. The Morgan fingerprint density at radius 2 is 1.47 bits per heavy atom. The maximum Gasteiger partial charge on any atom is 0.285 e. The predicted octanol–water partition coefficient (Wildman–Crippen LogP) is 5.87. The van der Waals surface area contributed by atoms with Gasteiger partial charge >= 0.3 is 0 Å². The molecule has 0 saturated carbocycles. The molecule has 0 aromatic heterocycles. The number of methoxy groups -OCH3 is 1. The number of nitro benzene ring substituents is 1. The smallest absolute Gasteiger partial charge is 0.285 e. The fraction of sp³-hybridized carbons (Fsp3) is 0.0385. The second kappa shape index (κ2) is 8.73. The summed E-state index contributed by atoms with van der Waals surface area (Å²) < 4.78 is 5.20. The van der Waals surface area contributed by atoms with E-state index in [9.17, 15) is 20.0 Å². The Bertz CT molecular complexity index is 1280. The number of phenolic OH excluding ortho intramolecular Hbond substituents is 1. The van der Waals surface area contributed by atoms with Gasteiger partial charge in [-0.25, -0.2) is 0 Å². The van der Waals surface area contributed by atoms with Gasteiger partial charge in [-0.15, -0.1) is 0 Å². The summed E-state index contributed by atoms with van der Waals surface area (Å²) in [6, 6.07) is 25.0. The van der Waals surface area contributed by atoms with Gasteiger partial charge in [-0.3, -0.25) is 14.9 Å². The molecule has 1 N–H and O–H groups in total. The highest BCUT2D eigenvalue weighted by Gasteiger charge is 2.31. The number of hydrogen-bond donors (Lipinski definition) is 1. The van der Waals surface area contributed by atoms with Crippen molar-refractivity contribution in [2.45, 2.75) is 0 Å². The largest absolute Gasteiger partial charge is 0.507 e. The predicted molar refractivity (Wildman–Crippen MR) is 122 cm³/mol. The fourth-order valence-electron chi connectivity index (χ4n) is 3.69. The first-order valence-electron chi connectivity index (χ1n) is 9.85. The van der Waals surface area contributed by atoms with Crippen LogP contribution < -0.4 is 4.74 Å². The average molecular weight is 425 g/mol. The standard InChI is InChI=1S/C26H19NO5/c1-32-20-14-12-18(13-15-20)23-24(26(29)19-10-6-3-7-11-19)22(28)16-21(25(23)27(30)31)17-8-4-2-5-9-17/h2-16,28H,1H3. The summed E-state index contributed by atoms with van der Waals surface area (Å²) in [5.74, 6) is -0.262. The minimum Gasteiger partial charge on any atom is -0.507 e. The third-order valence-corrected chi connectivity index (χ3v) is 5.19. The van der Waals surface area contributed by atoms with E-state index in [1.807, 2.05) is 0 Å². The van der Waals surface area contributed by atoms with E-state index in [0.717, 1.165) is 0 Å². The summed E-state index contributed by atoms with van der Waals surface area (Å²) in [7, 11) is 1.52. The fourth-order valence-corrected chi connectivity index (χ4v) is 3.69. The number of aromatic hydroxyl groups is 1. The average Bonchev–Trinajstić information content (AvgIpc) is 2.84. The second-order valence-corrected chi connectivity index (χ2v) is 7.09. The normalized spacial score (nSPS) is 10.5. The Hall–Kier alpha value is -4.45. The van der Waals surface area contributed by atoms with Crippen LogP contribution in [0, 0.1) is 10.1 Å². The van der Waals surface area contributed by atoms with Gasteiger partial charge in [-0.1, -0.05) is 72.8 Å². The molecule has 6 nitrogen and oxygen atoms in total. The quantitative estimate of drug-likeness (QED) is 0.237. The van der Waals surface area contributed by atoms with Gasteiger partial charge < -0.3 is 9.84 Å². The van der Waals surface area contributed by atoms with Crippen molar-refractivity contribution in [1.29, 1.82) is 0 Å². The molecule has 0 bridgehead atoms. The molecule has 4 aromatic carbocycles. The van der Waals surface area contributed by atoms with Crippen LogP contribution in [-0.2, 0) is 0 Å². The van der Waals surface area contributed by atoms with E-state index in [4.69, 9.17) is 4.74 Å². The molecule has 0 aliphatic rings. The lowest BCUT2D eigenvalue weighted by molar-refractivity contribution is -0.383. The molecule has 4 rings (SSSR count). The molecular weight excluding hydrogens is 406 g/mol. The summed E-state index contributed by atoms with van der Waals surface area (Å²) >= 11 is 0. The summed E-state index contributed by atoms with van der Waals surface area (Å²) in [4.78, 5) is 25.2. The molecule has 0 aliphatic carbocycles. The number of carbonyl (C=O) groups excluding carboxylic acids is 1. The van der Waals surface area contributed by atoms with Crippen LogP contribution in [0.1, 0.15) is 15.9 Å². The van der Waals surface area contributed by atoms with Crippen LogP contribution in [0.2, 0.25) is 0 Å². The number of phenols is 1. The van der Waals surface area contributed by atoms with E-state index < -0.39 is 10.7 Å². The molecule has 32 heavy (non-hydrogen) atoms. The molecule has 0 unspecified atom stereocenters. The Kier molecular flexibility index (Phi) is 5.68. The lowest BCUT2D eigenvalue weighted by atomic mass is 9.87. The number of rotatable bonds is 6. The van der Waals surface area contributed by atoms with Crippen molar-refractivity contribution < 1.29 is 19.6 Å². The number of nitrogens with zero attached hydrogens (tertiary/aromatic N) is 1. The summed E-state index contributed by atoms with van der Waals surface area (Å²) in [6.45, 7) is 0. The van der Waals surface area contributed by atoms with Gasteiger partial charge in [0.05, 0.1) is 28.7 Å². The summed E-state index contributed by atoms with van der Waals surface area (Å²) in [6.07, 6.45) is 0. The molecule has 0 radical (unpaired) electrons. The van der Waals surface area contributed by atoms with Gasteiger partial charge in [-0.2, -0.15) is 0 Å². The molecule has 158 valence electrons. The lowest BCUT2D eigenvalue weighted by Crippen LogP contribution is -2.08. The first-order chi connectivity index (χ1) is 15.5. The van der Waals surface area contributed by atoms with E-state index in [1.54, 1.807) is 84.9 Å². The Balaban J connectivity index is 2.08. The van der Waals surface area contributed by atoms with E-state index in [1.165, 1.54) is 13.2 Å². The zero-order valence-electron chi connectivity index (χ0n) is 17.2. The van der Waals surface area contributed by atoms with E-state index in [2.05, 4.69) is 0 Å². The molecule has 0 saturated heterocycles. The first kappa shape index (κ1) is 20.8. The molecule has 4 aromatic rings. The monoisotopic (exact) mass is 425 g/mol. The number of ketones is 1. The van der Waals surface area contributed by atoms with Gasteiger partial charge in [-0.05, 0) is 29.3 Å². The van der Waals surface area contributed by atoms with Crippen molar-refractivity contribution in [3.05, 3.63) is 112 Å². The maximum atomic E-state index is 13.4.